The molecule has 3 heterocycles. The molecule has 1 aliphatic carbocycles. The van der Waals surface area contributed by atoms with Crippen LogP contribution in [0.25, 0.3) is 83.5 Å². The molecule has 0 atom stereocenters. The molecule has 51 heavy (non-hydrogen) atoms. The number of hydrogen-bond donors (Lipinski definition) is 0. The molecular formula is C46H30N4O. The van der Waals surface area contributed by atoms with Crippen molar-refractivity contribution in [1.29, 1.82) is 0 Å². The summed E-state index contributed by atoms with van der Waals surface area (Å²) in [7, 11) is 0. The molecule has 0 saturated heterocycles. The molecule has 0 spiro atoms. The second kappa shape index (κ2) is 10.9. The van der Waals surface area contributed by atoms with Crippen molar-refractivity contribution in [2.75, 3.05) is 4.90 Å². The van der Waals surface area contributed by atoms with Gasteiger partial charge in [0.2, 0.25) is 0 Å². The maximum atomic E-state index is 6.21. The predicted molar refractivity (Wildman–Crippen MR) is 211 cm³/mol. The molecule has 7 aromatic carbocycles. The van der Waals surface area contributed by atoms with Gasteiger partial charge < -0.3 is 9.32 Å². The number of nitrogens with zero attached hydrogens (tertiary/aromatic N) is 4. The minimum absolute atomic E-state index is 0.886. The highest BCUT2D eigenvalue weighted by Crippen LogP contribution is 2.42. The lowest BCUT2D eigenvalue weighted by atomic mass is 9.99. The van der Waals surface area contributed by atoms with Crippen molar-refractivity contribution < 1.29 is 4.42 Å². The van der Waals surface area contributed by atoms with Crippen molar-refractivity contribution >= 4 is 94.9 Å². The summed E-state index contributed by atoms with van der Waals surface area (Å²) in [6.45, 7) is 0. The maximum Gasteiger partial charge on any atom is 0.165 e. The standard InChI is InChI=1S/C46H30N4O/c1-2-14-31(15-3-1)49(32-24-25-44-37(28-32)33-16-5-9-23-43(33)51-44)41-21-10-12-29-27-36-30(26-35(29)41)13-11-22-42(36)50-40-20-8-4-17-34(40)45-46(50)48-39-19-7-6-18-38(39)47-45/h1-3,5-7,9-28H,4,8H2. The van der Waals surface area contributed by atoms with Crippen LogP contribution < -0.4 is 15.5 Å². The van der Waals surface area contributed by atoms with Crippen LogP contribution in [-0.4, -0.2) is 14.5 Å². The van der Waals surface area contributed by atoms with E-state index in [1.165, 1.54) is 32.1 Å². The molecule has 0 radical (unpaired) electrons. The topological polar surface area (TPSA) is 47.1 Å². The fraction of sp³-hybridized carbons (Fsp3) is 0.0435. The molecular weight excluding hydrogens is 625 g/mol. The largest absolute Gasteiger partial charge is 0.456 e. The van der Waals surface area contributed by atoms with Gasteiger partial charge in [-0.3, -0.25) is 4.57 Å². The Kier molecular flexibility index (Phi) is 6.01. The summed E-state index contributed by atoms with van der Waals surface area (Å²) in [5.41, 5.74) is 9.85. The van der Waals surface area contributed by atoms with E-state index < -0.39 is 0 Å². The van der Waals surface area contributed by atoms with Crippen LogP contribution in [-0.2, 0) is 0 Å². The van der Waals surface area contributed by atoms with Crippen LogP contribution in [0.5, 0.6) is 0 Å². The minimum atomic E-state index is 0.886. The van der Waals surface area contributed by atoms with Gasteiger partial charge in [-0.25, -0.2) is 9.97 Å². The third kappa shape index (κ3) is 4.28. The van der Waals surface area contributed by atoms with E-state index in [1.54, 1.807) is 0 Å². The molecule has 3 aromatic heterocycles. The van der Waals surface area contributed by atoms with Crippen LogP contribution >= 0.6 is 0 Å². The first-order valence-electron chi connectivity index (χ1n) is 17.5. The number of para-hydroxylation sites is 4. The highest BCUT2D eigenvalue weighted by molar-refractivity contribution is 6.10. The third-order valence-electron chi connectivity index (χ3n) is 10.3. The summed E-state index contributed by atoms with van der Waals surface area (Å²) in [5.74, 6) is 0. The molecule has 0 bridgehead atoms. The van der Waals surface area contributed by atoms with E-state index in [1.807, 2.05) is 30.3 Å². The number of hydrogen-bond acceptors (Lipinski definition) is 4. The van der Waals surface area contributed by atoms with Crippen molar-refractivity contribution in [2.45, 2.75) is 12.8 Å². The first-order chi connectivity index (χ1) is 25.3. The second-order valence-electron chi connectivity index (χ2n) is 13.3. The van der Waals surface area contributed by atoms with Gasteiger partial charge in [0.25, 0.3) is 0 Å². The van der Waals surface area contributed by atoms with Gasteiger partial charge in [0.15, 0.2) is 5.65 Å². The van der Waals surface area contributed by atoms with E-state index in [0.717, 1.165) is 79.7 Å². The summed E-state index contributed by atoms with van der Waals surface area (Å²) >= 11 is 0. The highest BCUT2D eigenvalue weighted by atomic mass is 16.3. The quantitative estimate of drug-likeness (QED) is 0.177. The van der Waals surface area contributed by atoms with E-state index >= 15 is 0 Å². The number of furan rings is 1. The molecule has 0 amide bonds. The van der Waals surface area contributed by atoms with E-state index in [4.69, 9.17) is 14.4 Å². The van der Waals surface area contributed by atoms with Crippen molar-refractivity contribution in [1.82, 2.24) is 14.5 Å². The van der Waals surface area contributed by atoms with Gasteiger partial charge >= 0.3 is 0 Å². The molecule has 11 rings (SSSR count). The second-order valence-corrected chi connectivity index (χ2v) is 13.3. The molecule has 1 aliphatic rings. The lowest BCUT2D eigenvalue weighted by Crippen LogP contribution is -2.30. The van der Waals surface area contributed by atoms with E-state index in [9.17, 15) is 0 Å². The van der Waals surface area contributed by atoms with Crippen LogP contribution in [0.3, 0.4) is 0 Å². The lowest BCUT2D eigenvalue weighted by Gasteiger charge is -2.27. The Hall–Kier alpha value is -6.72. The van der Waals surface area contributed by atoms with Gasteiger partial charge in [0.1, 0.15) is 16.7 Å². The van der Waals surface area contributed by atoms with Gasteiger partial charge in [0.05, 0.1) is 27.8 Å². The summed E-state index contributed by atoms with van der Waals surface area (Å²) < 4.78 is 8.54. The zero-order valence-electron chi connectivity index (χ0n) is 27.6. The van der Waals surface area contributed by atoms with E-state index in [0.29, 0.717) is 0 Å². The first kappa shape index (κ1) is 28.2. The monoisotopic (exact) mass is 654 g/mol. The zero-order chi connectivity index (χ0) is 33.5. The number of aromatic nitrogens is 3. The fourth-order valence-corrected chi connectivity index (χ4v) is 8.04. The SMILES string of the molecule is C1=c2c(n(-c3cccc4cc5c(N(c6ccccc6)c6ccc7oc8ccccc8c7c6)cccc5cc34)c3nc4ccccc4nc23)=CCC1. The zero-order valence-corrected chi connectivity index (χ0v) is 27.6. The Morgan fingerprint density at radius 3 is 2.16 bits per heavy atom. The molecule has 0 aliphatic heterocycles. The Bertz CT molecular complexity index is 3160. The Labute approximate surface area is 292 Å². The molecule has 5 nitrogen and oxygen atoms in total. The van der Waals surface area contributed by atoms with Crippen LogP contribution in [0.15, 0.2) is 150 Å². The smallest absolute Gasteiger partial charge is 0.165 e. The third-order valence-corrected chi connectivity index (χ3v) is 10.3. The average molecular weight is 655 g/mol. The Balaban J connectivity index is 1.16. The first-order valence-corrected chi connectivity index (χ1v) is 17.5. The predicted octanol–water partition coefficient (Wildman–Crippen LogP) is 10.6. The van der Waals surface area contributed by atoms with Gasteiger partial charge in [0, 0.05) is 38.1 Å². The molecule has 0 fully saturated rings. The van der Waals surface area contributed by atoms with Gasteiger partial charge in [-0.1, -0.05) is 84.9 Å². The number of anilines is 3. The van der Waals surface area contributed by atoms with Gasteiger partial charge in [-0.15, -0.1) is 0 Å². The van der Waals surface area contributed by atoms with Crippen LogP contribution in [0, 0.1) is 0 Å². The Morgan fingerprint density at radius 1 is 0.529 bits per heavy atom. The molecule has 0 unspecified atom stereocenters. The normalized spacial score (nSPS) is 12.9. The van der Waals surface area contributed by atoms with E-state index in [2.05, 4.69) is 137 Å². The van der Waals surface area contributed by atoms with Crippen molar-refractivity contribution in [3.8, 4) is 5.69 Å². The number of rotatable bonds is 4. The lowest BCUT2D eigenvalue weighted by molar-refractivity contribution is 0.669. The summed E-state index contributed by atoms with van der Waals surface area (Å²) in [6.07, 6.45) is 6.67. The van der Waals surface area contributed by atoms with Crippen molar-refractivity contribution in [2.24, 2.45) is 0 Å². The summed E-state index contributed by atoms with van der Waals surface area (Å²) in [4.78, 5) is 12.7. The van der Waals surface area contributed by atoms with Crippen LogP contribution in [0.1, 0.15) is 12.8 Å². The van der Waals surface area contributed by atoms with Crippen molar-refractivity contribution in [3.63, 3.8) is 0 Å². The van der Waals surface area contributed by atoms with Gasteiger partial charge in [-0.2, -0.15) is 0 Å². The van der Waals surface area contributed by atoms with E-state index in [-0.39, 0.29) is 0 Å². The minimum Gasteiger partial charge on any atom is -0.456 e. The molecule has 0 saturated carbocycles. The average Bonchev–Trinajstić information content (AvgIpc) is 3.71. The molecule has 0 N–H and O–H groups in total. The summed E-state index contributed by atoms with van der Waals surface area (Å²) in [5, 5.41) is 9.25. The molecule has 10 aromatic rings. The fourth-order valence-electron chi connectivity index (χ4n) is 8.04. The maximum absolute atomic E-state index is 6.21. The summed E-state index contributed by atoms with van der Waals surface area (Å²) in [6, 6.07) is 51.5. The Morgan fingerprint density at radius 2 is 1.25 bits per heavy atom. The highest BCUT2D eigenvalue weighted by Gasteiger charge is 2.20. The van der Waals surface area contributed by atoms with Gasteiger partial charge in [-0.05, 0) is 96.4 Å². The number of benzene rings is 7. The number of fused-ring (bicyclic) bond motifs is 9. The van der Waals surface area contributed by atoms with Crippen LogP contribution in [0.4, 0.5) is 17.1 Å². The molecule has 5 heteroatoms. The molecule has 240 valence electrons. The van der Waals surface area contributed by atoms with Crippen LogP contribution in [0.2, 0.25) is 0 Å². The van der Waals surface area contributed by atoms with Crippen molar-refractivity contribution in [3.05, 3.63) is 156 Å².